The summed E-state index contributed by atoms with van der Waals surface area (Å²) in [6, 6.07) is 0. The zero-order valence-electron chi connectivity index (χ0n) is 11.6. The Morgan fingerprint density at radius 3 is 1.36 bits per heavy atom. The van der Waals surface area contributed by atoms with Gasteiger partial charge < -0.3 is 9.47 Å². The monoisotopic (exact) mass is 358 g/mol. The first-order chi connectivity index (χ1) is 10.0. The first-order valence-corrected chi connectivity index (χ1v) is 9.17. The number of rotatable bonds is 2. The topological polar surface area (TPSA) is 139 Å². The summed E-state index contributed by atoms with van der Waals surface area (Å²) in [7, 11) is -7.64. The summed E-state index contributed by atoms with van der Waals surface area (Å²) in [5.41, 5.74) is 0. The summed E-state index contributed by atoms with van der Waals surface area (Å²) in [5, 5.41) is -2.23. The number of carbonyl (C=O) groups excluding carboxylic acids is 2. The van der Waals surface area contributed by atoms with Crippen molar-refractivity contribution in [2.75, 3.05) is 13.2 Å². The molecule has 4 unspecified atom stereocenters. The van der Waals surface area contributed by atoms with Crippen molar-refractivity contribution in [3.8, 4) is 0 Å². The lowest BCUT2D eigenvalue weighted by Gasteiger charge is -2.15. The fraction of sp³-hybridized carbons (Fsp3) is 0.800. The highest BCUT2D eigenvalue weighted by Crippen LogP contribution is 2.22. The second-order valence-electron chi connectivity index (χ2n) is 4.85. The molecule has 0 aromatic rings. The van der Waals surface area contributed by atoms with Gasteiger partial charge >= 0.3 is 11.9 Å². The van der Waals surface area contributed by atoms with Crippen molar-refractivity contribution in [1.82, 2.24) is 0 Å². The molecular formula is C10H14O10S2. The Morgan fingerprint density at radius 2 is 1.14 bits per heavy atom. The molecule has 4 atom stereocenters. The van der Waals surface area contributed by atoms with Crippen LogP contribution in [0.25, 0.3) is 0 Å². The van der Waals surface area contributed by atoms with Crippen LogP contribution >= 0.6 is 0 Å². The van der Waals surface area contributed by atoms with Crippen LogP contribution < -0.4 is 0 Å². The van der Waals surface area contributed by atoms with Gasteiger partial charge in [-0.25, -0.2) is 9.59 Å². The molecule has 0 aliphatic carbocycles. The summed E-state index contributed by atoms with van der Waals surface area (Å²) in [4.78, 5) is 23.1. The van der Waals surface area contributed by atoms with Crippen LogP contribution in [0.1, 0.15) is 13.8 Å². The third-order valence-corrected chi connectivity index (χ3v) is 6.79. The molecule has 0 radical (unpaired) electrons. The van der Waals surface area contributed by atoms with Crippen molar-refractivity contribution < 1.29 is 44.3 Å². The maximum absolute atomic E-state index is 11.6. The van der Waals surface area contributed by atoms with Crippen molar-refractivity contribution in [3.05, 3.63) is 0 Å². The van der Waals surface area contributed by atoms with Crippen molar-refractivity contribution >= 4 is 32.2 Å². The molecule has 2 fully saturated rings. The number of ether oxygens (including phenoxy) is 2. The molecule has 2 saturated heterocycles. The Labute approximate surface area is 126 Å². The summed E-state index contributed by atoms with van der Waals surface area (Å²) in [6.07, 6.45) is -2.27. The predicted octanol–water partition coefficient (Wildman–Crippen LogP) is -1.69. The zero-order valence-corrected chi connectivity index (χ0v) is 13.3. The first-order valence-electron chi connectivity index (χ1n) is 6.22. The van der Waals surface area contributed by atoms with Gasteiger partial charge in [-0.05, 0) is 13.8 Å². The van der Waals surface area contributed by atoms with Crippen LogP contribution in [0.3, 0.4) is 0 Å². The molecule has 0 aromatic carbocycles. The van der Waals surface area contributed by atoms with E-state index in [-0.39, 0.29) is 13.2 Å². The predicted molar refractivity (Wildman–Crippen MR) is 68.4 cm³/mol. The van der Waals surface area contributed by atoms with E-state index >= 15 is 0 Å². The molecule has 12 heteroatoms. The molecule has 10 nitrogen and oxygen atoms in total. The van der Waals surface area contributed by atoms with E-state index in [0.29, 0.717) is 0 Å². The Kier molecular flexibility index (Phi) is 4.48. The minimum absolute atomic E-state index is 0.389. The van der Waals surface area contributed by atoms with Gasteiger partial charge in [-0.15, -0.1) is 0 Å². The van der Waals surface area contributed by atoms with Gasteiger partial charge in [-0.3, -0.25) is 8.37 Å². The molecule has 0 bridgehead atoms. The van der Waals surface area contributed by atoms with Gasteiger partial charge in [0.15, 0.2) is 0 Å². The van der Waals surface area contributed by atoms with Gasteiger partial charge in [0.05, 0.1) is 0 Å². The van der Waals surface area contributed by atoms with Crippen molar-refractivity contribution in [2.24, 2.45) is 0 Å². The van der Waals surface area contributed by atoms with E-state index in [4.69, 9.17) is 9.47 Å². The number of esters is 2. The minimum Gasteiger partial charge on any atom is -0.450 e. The summed E-state index contributed by atoms with van der Waals surface area (Å²) < 4.78 is 63.6. The minimum atomic E-state index is -3.82. The third-order valence-electron chi connectivity index (χ3n) is 3.43. The highest BCUT2D eigenvalue weighted by Gasteiger charge is 2.44. The molecular weight excluding hydrogens is 344 g/mol. The van der Waals surface area contributed by atoms with E-state index in [1.54, 1.807) is 0 Å². The Bertz CT molecular complexity index is 618. The van der Waals surface area contributed by atoms with E-state index < -0.39 is 54.9 Å². The Balaban J connectivity index is 1.93. The second-order valence-corrected chi connectivity index (χ2v) is 8.78. The maximum atomic E-state index is 11.6. The van der Waals surface area contributed by atoms with Gasteiger partial charge in [0.1, 0.15) is 35.9 Å². The summed E-state index contributed by atoms with van der Waals surface area (Å²) >= 11 is 0. The normalized spacial score (nSPS) is 35.9. The van der Waals surface area contributed by atoms with Gasteiger partial charge in [0, 0.05) is 0 Å². The summed E-state index contributed by atoms with van der Waals surface area (Å²) in [5.74, 6) is -2.84. The average Bonchev–Trinajstić information content (AvgIpc) is 2.82. The van der Waals surface area contributed by atoms with Crippen molar-refractivity contribution in [3.63, 3.8) is 0 Å². The number of hydrogen-bond acceptors (Lipinski definition) is 10. The highest BCUT2D eigenvalue weighted by molar-refractivity contribution is 7.87. The largest absolute Gasteiger partial charge is 0.450 e. The second kappa shape index (κ2) is 5.76. The summed E-state index contributed by atoms with van der Waals surface area (Å²) in [6.45, 7) is 1.76. The number of hydrogen-bond donors (Lipinski definition) is 0. The lowest BCUT2D eigenvalue weighted by Crippen LogP contribution is -2.36. The molecule has 0 saturated carbocycles. The standard InChI is InChI=1S/C10H14O10S2/c1-5-7(3-17-21(5,13)14)19-9(11)10(12)20-8-4-18-22(15,16)6(8)2/h5-8H,3-4H2,1-2H3. The molecule has 2 rings (SSSR count). The molecule has 2 aliphatic rings. The third kappa shape index (κ3) is 3.24. The van der Waals surface area contributed by atoms with Crippen LogP contribution in [-0.4, -0.2) is 64.7 Å². The zero-order chi connectivity index (χ0) is 16.7. The lowest BCUT2D eigenvalue weighted by molar-refractivity contribution is -0.174. The van der Waals surface area contributed by atoms with Crippen molar-refractivity contribution in [2.45, 2.75) is 36.6 Å². The van der Waals surface area contributed by atoms with Crippen LogP contribution in [0.4, 0.5) is 0 Å². The van der Waals surface area contributed by atoms with E-state index in [2.05, 4.69) is 8.37 Å². The fourth-order valence-electron chi connectivity index (χ4n) is 1.81. The smallest absolute Gasteiger partial charge is 0.417 e. The van der Waals surface area contributed by atoms with E-state index in [1.165, 1.54) is 13.8 Å². The van der Waals surface area contributed by atoms with Crippen LogP contribution in [0.5, 0.6) is 0 Å². The molecule has 0 amide bonds. The molecule has 0 spiro atoms. The van der Waals surface area contributed by atoms with Gasteiger partial charge in [0.25, 0.3) is 20.2 Å². The molecule has 2 heterocycles. The Hall–Kier alpha value is -1.24. The Morgan fingerprint density at radius 1 is 0.818 bits per heavy atom. The highest BCUT2D eigenvalue weighted by atomic mass is 32.2. The maximum Gasteiger partial charge on any atom is 0.417 e. The van der Waals surface area contributed by atoms with Crippen molar-refractivity contribution in [1.29, 1.82) is 0 Å². The SMILES string of the molecule is CC1C(OC(=O)C(=O)OC2COS(=O)(=O)C2C)COS1(=O)=O. The van der Waals surface area contributed by atoms with Gasteiger partial charge in [0.2, 0.25) is 0 Å². The van der Waals surface area contributed by atoms with Gasteiger partial charge in [-0.1, -0.05) is 0 Å². The van der Waals surface area contributed by atoms with Crippen LogP contribution in [0, 0.1) is 0 Å². The number of carbonyl (C=O) groups is 2. The fourth-order valence-corrected chi connectivity index (χ4v) is 3.90. The molecule has 126 valence electrons. The van der Waals surface area contributed by atoms with E-state index in [9.17, 15) is 26.4 Å². The molecule has 0 N–H and O–H groups in total. The molecule has 22 heavy (non-hydrogen) atoms. The van der Waals surface area contributed by atoms with Crippen LogP contribution in [-0.2, 0) is 47.7 Å². The first kappa shape index (κ1) is 17.1. The molecule has 2 aliphatic heterocycles. The quantitative estimate of drug-likeness (QED) is 0.319. The lowest BCUT2D eigenvalue weighted by atomic mass is 10.3. The van der Waals surface area contributed by atoms with Crippen LogP contribution in [0.2, 0.25) is 0 Å². The van der Waals surface area contributed by atoms with E-state index in [1.807, 2.05) is 0 Å². The van der Waals surface area contributed by atoms with Crippen LogP contribution in [0.15, 0.2) is 0 Å². The van der Waals surface area contributed by atoms with E-state index in [0.717, 1.165) is 0 Å². The molecule has 0 aromatic heterocycles. The van der Waals surface area contributed by atoms with Gasteiger partial charge in [-0.2, -0.15) is 16.8 Å². The average molecular weight is 358 g/mol.